The molecule has 0 spiro atoms. The Kier molecular flexibility index (Phi) is 3.56. The van der Waals surface area contributed by atoms with Crippen molar-refractivity contribution in [2.45, 2.75) is 19.5 Å². The summed E-state index contributed by atoms with van der Waals surface area (Å²) in [5.41, 5.74) is 0. The van der Waals surface area contributed by atoms with E-state index < -0.39 is 0 Å². The van der Waals surface area contributed by atoms with Gasteiger partial charge in [0, 0.05) is 25.5 Å². The third kappa shape index (κ3) is 2.22. The molecule has 3 heterocycles. The maximum atomic E-state index is 12.7. The van der Waals surface area contributed by atoms with Crippen LogP contribution in [0.4, 0.5) is 0 Å². The highest BCUT2D eigenvalue weighted by Gasteiger charge is 2.32. The van der Waals surface area contributed by atoms with E-state index >= 15 is 0 Å². The van der Waals surface area contributed by atoms with Gasteiger partial charge in [0.1, 0.15) is 11.8 Å². The number of amides is 1. The number of aryl methyl sites for hydroxylation is 1. The Labute approximate surface area is 117 Å². The van der Waals surface area contributed by atoms with Gasteiger partial charge >= 0.3 is 0 Å². The molecule has 0 aliphatic carbocycles. The number of furan rings is 1. The summed E-state index contributed by atoms with van der Waals surface area (Å²) in [6.45, 7) is 4.24. The van der Waals surface area contributed by atoms with Gasteiger partial charge in [-0.15, -0.1) is 0 Å². The van der Waals surface area contributed by atoms with Crippen molar-refractivity contribution < 1.29 is 13.9 Å². The molecule has 0 radical (unpaired) electrons. The molecule has 1 fully saturated rings. The van der Waals surface area contributed by atoms with Crippen LogP contribution in [0.1, 0.15) is 29.3 Å². The fourth-order valence-electron chi connectivity index (χ4n) is 2.45. The lowest BCUT2D eigenvalue weighted by atomic mass is 10.1. The van der Waals surface area contributed by atoms with Crippen LogP contribution in [0.15, 0.2) is 35.2 Å². The van der Waals surface area contributed by atoms with E-state index in [1.54, 1.807) is 17.4 Å². The van der Waals surface area contributed by atoms with Gasteiger partial charge in [-0.1, -0.05) is 0 Å². The number of aromatic nitrogens is 2. The van der Waals surface area contributed by atoms with Crippen molar-refractivity contribution >= 4 is 5.91 Å². The van der Waals surface area contributed by atoms with Crippen molar-refractivity contribution in [1.82, 2.24) is 14.5 Å². The van der Waals surface area contributed by atoms with Crippen molar-refractivity contribution in [2.75, 3.05) is 19.8 Å². The van der Waals surface area contributed by atoms with Gasteiger partial charge in [0.25, 0.3) is 5.91 Å². The van der Waals surface area contributed by atoms with Gasteiger partial charge in [-0.2, -0.15) is 0 Å². The van der Waals surface area contributed by atoms with E-state index in [1.807, 2.05) is 29.8 Å². The highest BCUT2D eigenvalue weighted by Crippen LogP contribution is 2.25. The molecule has 1 saturated heterocycles. The highest BCUT2D eigenvalue weighted by atomic mass is 16.5. The second kappa shape index (κ2) is 5.50. The lowest BCUT2D eigenvalue weighted by molar-refractivity contribution is -0.00959. The lowest BCUT2D eigenvalue weighted by Gasteiger charge is -2.34. The largest absolute Gasteiger partial charge is 0.467 e. The second-order valence-electron chi connectivity index (χ2n) is 4.64. The molecule has 106 valence electrons. The first-order valence-electron chi connectivity index (χ1n) is 6.74. The van der Waals surface area contributed by atoms with Crippen molar-refractivity contribution in [1.29, 1.82) is 0 Å². The first-order valence-corrected chi connectivity index (χ1v) is 6.74. The predicted octanol–water partition coefficient (Wildman–Crippen LogP) is 1.71. The molecule has 0 N–H and O–H groups in total. The quantitative estimate of drug-likeness (QED) is 0.855. The maximum Gasteiger partial charge on any atom is 0.290 e. The van der Waals surface area contributed by atoms with E-state index in [-0.39, 0.29) is 11.9 Å². The zero-order valence-corrected chi connectivity index (χ0v) is 11.4. The average Bonchev–Trinajstić information content (AvgIpc) is 3.17. The van der Waals surface area contributed by atoms with Crippen molar-refractivity contribution in [3.8, 4) is 0 Å². The zero-order valence-electron chi connectivity index (χ0n) is 11.4. The van der Waals surface area contributed by atoms with Gasteiger partial charge in [-0.25, -0.2) is 4.98 Å². The molecular formula is C14H17N3O3. The molecule has 1 aliphatic rings. The molecule has 6 heteroatoms. The zero-order chi connectivity index (χ0) is 13.9. The summed E-state index contributed by atoms with van der Waals surface area (Å²) in [4.78, 5) is 18.6. The second-order valence-corrected chi connectivity index (χ2v) is 4.64. The molecule has 0 saturated carbocycles. The molecule has 2 aromatic heterocycles. The number of ether oxygens (including phenoxy) is 1. The standard InChI is InChI=1S/C14H17N3O3/c1-2-16-6-5-15-13(16)14(18)17-7-9-19-10-11(17)12-4-3-8-20-12/h3-6,8,11H,2,7,9-10H2,1H3. The molecular weight excluding hydrogens is 258 g/mol. The SMILES string of the molecule is CCn1ccnc1C(=O)N1CCOCC1c1ccco1. The molecule has 1 aliphatic heterocycles. The van der Waals surface area contributed by atoms with E-state index in [2.05, 4.69) is 4.98 Å². The normalized spacial score (nSPS) is 19.2. The van der Waals surface area contributed by atoms with Crippen LogP contribution in [0.25, 0.3) is 0 Å². The van der Waals surface area contributed by atoms with Gasteiger partial charge in [-0.05, 0) is 19.1 Å². The van der Waals surface area contributed by atoms with Gasteiger partial charge in [0.15, 0.2) is 5.82 Å². The summed E-state index contributed by atoms with van der Waals surface area (Å²) in [7, 11) is 0. The first kappa shape index (κ1) is 12.9. The Morgan fingerprint density at radius 3 is 3.20 bits per heavy atom. The highest BCUT2D eigenvalue weighted by molar-refractivity contribution is 5.91. The van der Waals surface area contributed by atoms with Gasteiger partial charge in [0.2, 0.25) is 0 Å². The van der Waals surface area contributed by atoms with E-state index in [0.29, 0.717) is 25.6 Å². The molecule has 1 amide bonds. The Morgan fingerprint density at radius 2 is 2.45 bits per heavy atom. The average molecular weight is 275 g/mol. The summed E-state index contributed by atoms with van der Waals surface area (Å²) in [6.07, 6.45) is 5.08. The van der Waals surface area contributed by atoms with Crippen LogP contribution in [0, 0.1) is 0 Å². The lowest BCUT2D eigenvalue weighted by Crippen LogP contribution is -2.44. The molecule has 1 unspecified atom stereocenters. The summed E-state index contributed by atoms with van der Waals surface area (Å²) in [5, 5.41) is 0. The van der Waals surface area contributed by atoms with E-state index in [1.165, 1.54) is 0 Å². The third-order valence-corrected chi connectivity index (χ3v) is 3.51. The summed E-state index contributed by atoms with van der Waals surface area (Å²) in [5.74, 6) is 1.13. The fourth-order valence-corrected chi connectivity index (χ4v) is 2.45. The summed E-state index contributed by atoms with van der Waals surface area (Å²) in [6, 6.07) is 3.50. The van der Waals surface area contributed by atoms with Crippen molar-refractivity contribution in [3.63, 3.8) is 0 Å². The molecule has 0 bridgehead atoms. The molecule has 6 nitrogen and oxygen atoms in total. The van der Waals surface area contributed by atoms with Gasteiger partial charge in [0.05, 0.1) is 19.5 Å². The van der Waals surface area contributed by atoms with Gasteiger partial charge in [-0.3, -0.25) is 4.79 Å². The topological polar surface area (TPSA) is 60.5 Å². The Balaban J connectivity index is 1.88. The number of carbonyl (C=O) groups excluding carboxylic acids is 1. The van der Waals surface area contributed by atoms with E-state index in [0.717, 1.165) is 12.3 Å². The molecule has 0 aromatic carbocycles. The maximum absolute atomic E-state index is 12.7. The van der Waals surface area contributed by atoms with Crippen LogP contribution in [0.3, 0.4) is 0 Å². The van der Waals surface area contributed by atoms with E-state index in [9.17, 15) is 4.79 Å². The minimum absolute atomic E-state index is 0.0819. The number of nitrogens with zero attached hydrogens (tertiary/aromatic N) is 3. The van der Waals surface area contributed by atoms with Crippen molar-refractivity contribution in [3.05, 3.63) is 42.4 Å². The predicted molar refractivity (Wildman–Crippen MR) is 71.2 cm³/mol. The molecule has 1 atom stereocenters. The minimum atomic E-state index is -0.187. The molecule has 2 aromatic rings. The number of carbonyl (C=O) groups is 1. The number of hydrogen-bond acceptors (Lipinski definition) is 4. The van der Waals surface area contributed by atoms with Crippen LogP contribution in [-0.2, 0) is 11.3 Å². The van der Waals surface area contributed by atoms with Gasteiger partial charge < -0.3 is 18.6 Å². The van der Waals surface area contributed by atoms with E-state index in [4.69, 9.17) is 9.15 Å². The van der Waals surface area contributed by atoms with Crippen LogP contribution in [0.2, 0.25) is 0 Å². The van der Waals surface area contributed by atoms with Crippen LogP contribution >= 0.6 is 0 Å². The van der Waals surface area contributed by atoms with Crippen LogP contribution in [0.5, 0.6) is 0 Å². The smallest absolute Gasteiger partial charge is 0.290 e. The number of morpholine rings is 1. The van der Waals surface area contributed by atoms with Crippen LogP contribution in [-0.4, -0.2) is 40.1 Å². The first-order chi connectivity index (χ1) is 9.81. The Bertz CT molecular complexity index is 576. The molecule has 20 heavy (non-hydrogen) atoms. The summed E-state index contributed by atoms with van der Waals surface area (Å²) < 4.78 is 12.7. The fraction of sp³-hybridized carbons (Fsp3) is 0.429. The molecule has 3 rings (SSSR count). The number of imidazole rings is 1. The minimum Gasteiger partial charge on any atom is -0.467 e. The summed E-state index contributed by atoms with van der Waals surface area (Å²) >= 11 is 0. The number of rotatable bonds is 3. The Morgan fingerprint density at radius 1 is 1.55 bits per heavy atom. The Hall–Kier alpha value is -2.08. The number of hydrogen-bond donors (Lipinski definition) is 0. The van der Waals surface area contributed by atoms with Crippen LogP contribution < -0.4 is 0 Å². The van der Waals surface area contributed by atoms with Crippen molar-refractivity contribution in [2.24, 2.45) is 0 Å². The monoisotopic (exact) mass is 275 g/mol. The third-order valence-electron chi connectivity index (χ3n) is 3.51.